The van der Waals surface area contributed by atoms with Crippen molar-refractivity contribution in [3.05, 3.63) is 24.3 Å². The van der Waals surface area contributed by atoms with E-state index in [1.54, 1.807) is 6.20 Å². The Hall–Kier alpha value is -2.74. The molecule has 31 heavy (non-hydrogen) atoms. The summed E-state index contributed by atoms with van der Waals surface area (Å²) in [6.07, 6.45) is 10.8. The van der Waals surface area contributed by atoms with Gasteiger partial charge in [-0.1, -0.05) is 20.8 Å². The van der Waals surface area contributed by atoms with E-state index in [9.17, 15) is 5.11 Å². The zero-order valence-electron chi connectivity index (χ0n) is 18.9. The highest BCUT2D eigenvalue weighted by Crippen LogP contribution is 2.34. The predicted molar refractivity (Wildman–Crippen MR) is 124 cm³/mol. The Balaban J connectivity index is 1.83. The van der Waals surface area contributed by atoms with Gasteiger partial charge in [0.25, 0.3) is 0 Å². The van der Waals surface area contributed by atoms with Crippen molar-refractivity contribution in [3.63, 3.8) is 0 Å². The third-order valence-electron chi connectivity index (χ3n) is 6.60. The topological polar surface area (TPSA) is 106 Å². The number of nitrogen functional groups attached to an aromatic ring is 1. The smallest absolute Gasteiger partial charge is 0.151 e. The number of pyridine rings is 1. The summed E-state index contributed by atoms with van der Waals surface area (Å²) in [4.78, 5) is 16.5. The predicted octanol–water partition coefficient (Wildman–Crippen LogP) is 3.74. The van der Waals surface area contributed by atoms with Gasteiger partial charge in [0.2, 0.25) is 0 Å². The Morgan fingerprint density at radius 2 is 1.94 bits per heavy atom. The van der Waals surface area contributed by atoms with E-state index >= 15 is 0 Å². The van der Waals surface area contributed by atoms with Gasteiger partial charge in [-0.25, -0.2) is 15.0 Å². The van der Waals surface area contributed by atoms with E-state index in [1.165, 1.54) is 0 Å². The van der Waals surface area contributed by atoms with E-state index in [2.05, 4.69) is 42.0 Å². The number of hydrogen-bond donors (Lipinski definition) is 2. The highest BCUT2D eigenvalue weighted by atomic mass is 16.3. The lowest BCUT2D eigenvalue weighted by Crippen LogP contribution is -2.31. The van der Waals surface area contributed by atoms with Crippen LogP contribution in [0.3, 0.4) is 0 Å². The number of rotatable bonds is 7. The second-order valence-corrected chi connectivity index (χ2v) is 8.51. The zero-order valence-corrected chi connectivity index (χ0v) is 18.9. The Morgan fingerprint density at radius 3 is 2.58 bits per heavy atom. The van der Waals surface area contributed by atoms with Gasteiger partial charge in [-0.05, 0) is 38.5 Å². The van der Waals surface area contributed by atoms with E-state index in [0.717, 1.165) is 66.7 Å². The van der Waals surface area contributed by atoms with Crippen molar-refractivity contribution in [1.82, 2.24) is 24.7 Å². The number of anilines is 2. The molecule has 1 fully saturated rings. The highest BCUT2D eigenvalue weighted by molar-refractivity contribution is 5.96. The average molecular weight is 424 g/mol. The van der Waals surface area contributed by atoms with Crippen LogP contribution in [0.25, 0.3) is 22.2 Å². The number of fused-ring (bicyclic) bond motifs is 1. The van der Waals surface area contributed by atoms with Crippen molar-refractivity contribution in [1.29, 1.82) is 0 Å². The number of hydrogen-bond acceptors (Lipinski definition) is 7. The number of aliphatic hydroxyl groups is 1. The summed E-state index contributed by atoms with van der Waals surface area (Å²) in [6.45, 7) is 6.43. The van der Waals surface area contributed by atoms with Gasteiger partial charge in [0.05, 0.1) is 24.0 Å². The van der Waals surface area contributed by atoms with Crippen molar-refractivity contribution < 1.29 is 5.11 Å². The van der Waals surface area contributed by atoms with Crippen LogP contribution in [0.5, 0.6) is 0 Å². The molecule has 0 saturated heterocycles. The lowest BCUT2D eigenvalue weighted by atomic mass is 10.1. The van der Waals surface area contributed by atoms with Crippen LogP contribution < -0.4 is 10.6 Å². The molecule has 0 amide bonds. The van der Waals surface area contributed by atoms with Gasteiger partial charge in [-0.2, -0.15) is 5.10 Å². The van der Waals surface area contributed by atoms with Crippen molar-refractivity contribution in [3.8, 4) is 11.1 Å². The first-order valence-corrected chi connectivity index (χ1v) is 11.4. The SMILES string of the molecule is CCc1nc2c(N)ncc(-c3cnn(C(CC)CC)c3)c2nc1N(C)[C@@H]1CC[C@H](O)C1. The quantitative estimate of drug-likeness (QED) is 0.596. The fraction of sp³-hybridized carbons (Fsp3) is 0.565. The molecule has 8 nitrogen and oxygen atoms in total. The standard InChI is InChI=1S/C23H33N7O/c1-5-15(6-2)30-13-14(11-26-30)18-12-25-22(24)21-20(18)28-23(19(7-3)27-21)29(4)16-8-9-17(31)10-16/h11-13,15-17,31H,5-10H2,1-4H3,(H2,24,25)/t16-,17+/m1/s1. The van der Waals surface area contributed by atoms with Crippen molar-refractivity contribution in [2.24, 2.45) is 0 Å². The van der Waals surface area contributed by atoms with Gasteiger partial charge in [-0.15, -0.1) is 0 Å². The third kappa shape index (κ3) is 3.96. The van der Waals surface area contributed by atoms with Crippen LogP contribution in [0.1, 0.15) is 64.6 Å². The first-order valence-electron chi connectivity index (χ1n) is 11.4. The normalized spacial score (nSPS) is 18.9. The first-order chi connectivity index (χ1) is 15.0. The summed E-state index contributed by atoms with van der Waals surface area (Å²) in [5.74, 6) is 1.24. The molecule has 3 N–H and O–H groups in total. The second kappa shape index (κ2) is 8.78. The first kappa shape index (κ1) is 21.5. The van der Waals surface area contributed by atoms with Gasteiger partial charge in [0.1, 0.15) is 11.0 Å². The van der Waals surface area contributed by atoms with E-state index in [1.807, 2.05) is 17.9 Å². The number of aliphatic hydroxyl groups excluding tert-OH is 1. The Labute approximate surface area is 183 Å². The summed E-state index contributed by atoms with van der Waals surface area (Å²) in [5, 5.41) is 14.6. The molecule has 166 valence electrons. The molecule has 0 unspecified atom stereocenters. The van der Waals surface area contributed by atoms with Crippen LogP contribution in [0, 0.1) is 0 Å². The number of nitrogens with zero attached hydrogens (tertiary/aromatic N) is 6. The Bertz CT molecular complexity index is 1060. The van der Waals surface area contributed by atoms with Crippen molar-refractivity contribution in [2.75, 3.05) is 17.7 Å². The van der Waals surface area contributed by atoms with E-state index in [-0.39, 0.29) is 12.1 Å². The van der Waals surface area contributed by atoms with Gasteiger partial charge in [0.15, 0.2) is 11.6 Å². The van der Waals surface area contributed by atoms with Gasteiger partial charge in [0, 0.05) is 36.6 Å². The van der Waals surface area contributed by atoms with Gasteiger partial charge >= 0.3 is 0 Å². The number of aromatic nitrogens is 5. The molecule has 3 aromatic heterocycles. The molecule has 2 atom stereocenters. The maximum atomic E-state index is 10.0. The van der Waals surface area contributed by atoms with E-state index in [0.29, 0.717) is 17.4 Å². The lowest BCUT2D eigenvalue weighted by Gasteiger charge is -2.27. The van der Waals surface area contributed by atoms with Gasteiger partial charge in [-0.3, -0.25) is 4.68 Å². The van der Waals surface area contributed by atoms with Crippen LogP contribution >= 0.6 is 0 Å². The molecule has 1 aliphatic carbocycles. The summed E-state index contributed by atoms with van der Waals surface area (Å²) in [5.41, 5.74) is 10.3. The zero-order chi connectivity index (χ0) is 22.1. The minimum Gasteiger partial charge on any atom is -0.393 e. The van der Waals surface area contributed by atoms with Crippen LogP contribution in [-0.4, -0.2) is 49.0 Å². The number of aryl methyl sites for hydroxylation is 1. The number of nitrogens with two attached hydrogens (primary N) is 1. The third-order valence-corrected chi connectivity index (χ3v) is 6.60. The minimum atomic E-state index is -0.239. The summed E-state index contributed by atoms with van der Waals surface area (Å²) in [6, 6.07) is 0.627. The molecule has 0 bridgehead atoms. The fourth-order valence-electron chi connectivity index (χ4n) is 4.61. The molecule has 0 aliphatic heterocycles. The van der Waals surface area contributed by atoms with Crippen LogP contribution in [0.4, 0.5) is 11.6 Å². The molecular weight excluding hydrogens is 390 g/mol. The maximum absolute atomic E-state index is 10.0. The van der Waals surface area contributed by atoms with Crippen LogP contribution in [0.2, 0.25) is 0 Å². The van der Waals surface area contributed by atoms with Crippen LogP contribution in [0.15, 0.2) is 18.6 Å². The second-order valence-electron chi connectivity index (χ2n) is 8.51. The van der Waals surface area contributed by atoms with Gasteiger partial charge < -0.3 is 15.7 Å². The molecule has 3 heterocycles. The molecule has 0 aromatic carbocycles. The summed E-state index contributed by atoms with van der Waals surface area (Å²) in [7, 11) is 2.05. The Kier molecular flexibility index (Phi) is 6.09. The largest absolute Gasteiger partial charge is 0.393 e. The van der Waals surface area contributed by atoms with Crippen LogP contribution in [-0.2, 0) is 6.42 Å². The van der Waals surface area contributed by atoms with E-state index < -0.39 is 0 Å². The average Bonchev–Trinajstić information content (AvgIpc) is 3.43. The molecular formula is C23H33N7O. The fourth-order valence-corrected chi connectivity index (χ4v) is 4.61. The summed E-state index contributed by atoms with van der Waals surface area (Å²) >= 11 is 0. The highest BCUT2D eigenvalue weighted by Gasteiger charge is 2.29. The van der Waals surface area contributed by atoms with E-state index in [4.69, 9.17) is 15.7 Å². The maximum Gasteiger partial charge on any atom is 0.151 e. The molecule has 4 rings (SSSR count). The minimum absolute atomic E-state index is 0.239. The lowest BCUT2D eigenvalue weighted by molar-refractivity contribution is 0.181. The Morgan fingerprint density at radius 1 is 1.16 bits per heavy atom. The van der Waals surface area contributed by atoms with Crippen molar-refractivity contribution >= 4 is 22.7 Å². The monoisotopic (exact) mass is 423 g/mol. The molecule has 1 saturated carbocycles. The molecule has 3 aromatic rings. The molecule has 8 heteroatoms. The van der Waals surface area contributed by atoms with Crippen molar-refractivity contribution in [2.45, 2.75) is 77.5 Å². The summed E-state index contributed by atoms with van der Waals surface area (Å²) < 4.78 is 2.03. The molecule has 0 radical (unpaired) electrons. The molecule has 0 spiro atoms. The molecule has 1 aliphatic rings.